The van der Waals surface area contributed by atoms with Gasteiger partial charge in [0.15, 0.2) is 0 Å². The van der Waals surface area contributed by atoms with Gasteiger partial charge in [0.05, 0.1) is 9.99 Å². The molecular weight excluding hydrogens is 324 g/mol. The van der Waals surface area contributed by atoms with E-state index in [1.165, 1.54) is 0 Å². The fraction of sp³-hybridized carbons (Fsp3) is 0.100. The Morgan fingerprint density at radius 1 is 1.27 bits per heavy atom. The Kier molecular flexibility index (Phi) is 3.48. The topological polar surface area (TPSA) is 38.7 Å². The Labute approximate surface area is 106 Å². The lowest BCUT2D eigenvalue weighted by molar-refractivity contribution is 0.930. The summed E-state index contributed by atoms with van der Waals surface area (Å²) in [6.07, 6.45) is 4.08. The molecular formula is C10H7ClIN3. The Morgan fingerprint density at radius 2 is 2.13 bits per heavy atom. The molecule has 2 heterocycles. The maximum absolute atomic E-state index is 5.90. The minimum Gasteiger partial charge on any atom is -0.261 e. The number of halogens is 2. The first kappa shape index (κ1) is 10.8. The van der Waals surface area contributed by atoms with Crippen molar-refractivity contribution in [3.8, 4) is 0 Å². The van der Waals surface area contributed by atoms with Crippen LogP contribution in [-0.4, -0.2) is 15.0 Å². The lowest BCUT2D eigenvalue weighted by Crippen LogP contribution is -1.99. The van der Waals surface area contributed by atoms with Gasteiger partial charge in [0.1, 0.15) is 11.0 Å². The van der Waals surface area contributed by atoms with E-state index in [4.69, 9.17) is 11.6 Å². The Morgan fingerprint density at radius 3 is 2.80 bits per heavy atom. The number of nitrogens with zero attached hydrogens (tertiary/aromatic N) is 3. The van der Waals surface area contributed by atoms with E-state index in [1.807, 2.05) is 18.2 Å². The van der Waals surface area contributed by atoms with Gasteiger partial charge in [0.25, 0.3) is 0 Å². The van der Waals surface area contributed by atoms with Gasteiger partial charge >= 0.3 is 0 Å². The molecule has 2 aromatic rings. The van der Waals surface area contributed by atoms with E-state index in [-0.39, 0.29) is 0 Å². The quantitative estimate of drug-likeness (QED) is 0.627. The molecule has 0 spiro atoms. The van der Waals surface area contributed by atoms with Crippen LogP contribution < -0.4 is 0 Å². The van der Waals surface area contributed by atoms with Crippen LogP contribution in [0.4, 0.5) is 0 Å². The van der Waals surface area contributed by atoms with Crippen LogP contribution in [0.3, 0.4) is 0 Å². The van der Waals surface area contributed by atoms with E-state index in [0.717, 1.165) is 9.26 Å². The third-order valence-electron chi connectivity index (χ3n) is 1.82. The minimum atomic E-state index is 0.497. The van der Waals surface area contributed by atoms with Crippen LogP contribution in [0.15, 0.2) is 30.6 Å². The molecule has 0 saturated carbocycles. The average molecular weight is 332 g/mol. The molecule has 0 fully saturated rings. The fourth-order valence-corrected chi connectivity index (χ4v) is 1.54. The van der Waals surface area contributed by atoms with Crippen molar-refractivity contribution in [1.82, 2.24) is 15.0 Å². The summed E-state index contributed by atoms with van der Waals surface area (Å²) in [5.74, 6) is 0.694. The van der Waals surface area contributed by atoms with E-state index in [2.05, 4.69) is 37.5 Å². The molecule has 0 bridgehead atoms. The van der Waals surface area contributed by atoms with Crippen molar-refractivity contribution in [2.45, 2.75) is 6.42 Å². The van der Waals surface area contributed by atoms with Crippen LogP contribution in [0.2, 0.25) is 5.15 Å². The predicted octanol–water partition coefficient (Wildman–Crippen LogP) is 2.72. The number of hydrogen-bond donors (Lipinski definition) is 0. The van der Waals surface area contributed by atoms with Crippen molar-refractivity contribution < 1.29 is 0 Å². The van der Waals surface area contributed by atoms with Gasteiger partial charge in [-0.15, -0.1) is 0 Å². The van der Waals surface area contributed by atoms with E-state index in [1.54, 1.807) is 12.4 Å². The molecule has 0 aliphatic heterocycles. The zero-order valence-corrected chi connectivity index (χ0v) is 10.6. The molecule has 0 radical (unpaired) electrons. The highest BCUT2D eigenvalue weighted by Crippen LogP contribution is 2.14. The monoisotopic (exact) mass is 331 g/mol. The summed E-state index contributed by atoms with van der Waals surface area (Å²) in [7, 11) is 0. The first-order chi connectivity index (χ1) is 7.25. The highest BCUT2D eigenvalue weighted by atomic mass is 127. The summed E-state index contributed by atoms with van der Waals surface area (Å²) < 4.78 is 0.860. The van der Waals surface area contributed by atoms with Gasteiger partial charge in [-0.25, -0.2) is 9.97 Å². The number of pyridine rings is 1. The molecule has 0 amide bonds. The molecule has 0 N–H and O–H groups in total. The van der Waals surface area contributed by atoms with Crippen molar-refractivity contribution >= 4 is 34.2 Å². The summed E-state index contributed by atoms with van der Waals surface area (Å²) in [4.78, 5) is 12.6. The molecule has 0 saturated heterocycles. The zero-order valence-electron chi connectivity index (χ0n) is 7.69. The maximum Gasteiger partial charge on any atom is 0.146 e. The normalized spacial score (nSPS) is 10.3. The molecule has 0 unspecified atom stereocenters. The van der Waals surface area contributed by atoms with Crippen molar-refractivity contribution in [3.05, 3.63) is 50.8 Å². The second-order valence-corrected chi connectivity index (χ2v) is 4.44. The molecule has 3 nitrogen and oxygen atoms in total. The third kappa shape index (κ3) is 2.85. The third-order valence-corrected chi connectivity index (χ3v) is 3.21. The maximum atomic E-state index is 5.90. The molecule has 0 aliphatic rings. The van der Waals surface area contributed by atoms with Crippen LogP contribution in [0.1, 0.15) is 11.5 Å². The van der Waals surface area contributed by atoms with Gasteiger partial charge in [-0.3, -0.25) is 4.98 Å². The Hall–Kier alpha value is -0.750. The van der Waals surface area contributed by atoms with Gasteiger partial charge < -0.3 is 0 Å². The van der Waals surface area contributed by atoms with E-state index in [9.17, 15) is 0 Å². The van der Waals surface area contributed by atoms with Gasteiger partial charge in [0.2, 0.25) is 0 Å². The zero-order chi connectivity index (χ0) is 10.7. The summed E-state index contributed by atoms with van der Waals surface area (Å²) in [6.45, 7) is 0. The smallest absolute Gasteiger partial charge is 0.146 e. The van der Waals surface area contributed by atoms with Crippen molar-refractivity contribution in [3.63, 3.8) is 0 Å². The highest BCUT2D eigenvalue weighted by molar-refractivity contribution is 14.1. The molecule has 2 rings (SSSR count). The van der Waals surface area contributed by atoms with E-state index >= 15 is 0 Å². The van der Waals surface area contributed by atoms with Gasteiger partial charge in [-0.1, -0.05) is 17.7 Å². The van der Waals surface area contributed by atoms with Gasteiger partial charge in [-0.05, 0) is 34.7 Å². The molecule has 2 aromatic heterocycles. The van der Waals surface area contributed by atoms with Crippen molar-refractivity contribution in [1.29, 1.82) is 0 Å². The molecule has 0 aromatic carbocycles. The molecule has 0 atom stereocenters. The summed E-state index contributed by atoms with van der Waals surface area (Å²) in [6, 6.07) is 5.76. The van der Waals surface area contributed by atoms with Crippen molar-refractivity contribution in [2.75, 3.05) is 0 Å². The van der Waals surface area contributed by atoms with Crippen LogP contribution in [0.25, 0.3) is 0 Å². The number of aromatic nitrogens is 3. The largest absolute Gasteiger partial charge is 0.261 e. The van der Waals surface area contributed by atoms with Crippen LogP contribution in [-0.2, 0) is 6.42 Å². The minimum absolute atomic E-state index is 0.497. The second-order valence-electron chi connectivity index (χ2n) is 2.92. The predicted molar refractivity (Wildman–Crippen MR) is 66.8 cm³/mol. The van der Waals surface area contributed by atoms with Gasteiger partial charge in [0, 0.05) is 18.1 Å². The van der Waals surface area contributed by atoms with E-state index in [0.29, 0.717) is 17.4 Å². The number of hydrogen-bond acceptors (Lipinski definition) is 3. The van der Waals surface area contributed by atoms with Crippen molar-refractivity contribution in [2.24, 2.45) is 0 Å². The van der Waals surface area contributed by atoms with Crippen LogP contribution in [0, 0.1) is 3.57 Å². The molecule has 0 aliphatic carbocycles. The summed E-state index contributed by atoms with van der Waals surface area (Å²) in [5.41, 5.74) is 0.940. The summed E-state index contributed by atoms with van der Waals surface area (Å²) >= 11 is 8.00. The first-order valence-electron chi connectivity index (χ1n) is 4.32. The second kappa shape index (κ2) is 4.85. The highest BCUT2D eigenvalue weighted by Gasteiger charge is 2.03. The van der Waals surface area contributed by atoms with E-state index < -0.39 is 0 Å². The molecule has 5 heteroatoms. The average Bonchev–Trinajstić information content (AvgIpc) is 2.25. The molecule has 15 heavy (non-hydrogen) atoms. The van der Waals surface area contributed by atoms with Crippen LogP contribution in [0.5, 0.6) is 0 Å². The SMILES string of the molecule is Clc1nc(Cc2ccccn2)ncc1I. The lowest BCUT2D eigenvalue weighted by Gasteiger charge is -2.00. The first-order valence-corrected chi connectivity index (χ1v) is 5.78. The standard InChI is InChI=1S/C10H7ClIN3/c11-10-8(12)6-14-9(15-10)5-7-3-1-2-4-13-7/h1-4,6H,5H2. The number of rotatable bonds is 2. The van der Waals surface area contributed by atoms with Gasteiger partial charge in [-0.2, -0.15) is 0 Å². The molecule has 76 valence electrons. The van der Waals surface area contributed by atoms with Crippen LogP contribution >= 0.6 is 34.2 Å². The fourth-order valence-electron chi connectivity index (χ4n) is 1.13. The Balaban J connectivity index is 2.22. The summed E-state index contributed by atoms with van der Waals surface area (Å²) in [5, 5.41) is 0.497. The lowest BCUT2D eigenvalue weighted by atomic mass is 10.2. The Bertz CT molecular complexity index is 461.